The summed E-state index contributed by atoms with van der Waals surface area (Å²) < 4.78 is 33.2. The number of nitrogens with two attached hydrogens (primary N) is 1. The fourth-order valence-electron chi connectivity index (χ4n) is 2.64. The predicted octanol–water partition coefficient (Wildman–Crippen LogP) is 1.74. The fraction of sp³-hybridized carbons (Fsp3) is 0.571. The first-order valence-corrected chi connectivity index (χ1v) is 8.45. The molecule has 5 nitrogen and oxygen atoms in total. The number of nitrogen functional groups attached to an aromatic ring is 1. The van der Waals surface area contributed by atoms with Gasteiger partial charge in [-0.05, 0) is 49.7 Å². The molecule has 0 unspecified atom stereocenters. The Morgan fingerprint density at radius 2 is 1.85 bits per heavy atom. The van der Waals surface area contributed by atoms with Gasteiger partial charge in [-0.3, -0.25) is 0 Å². The molecule has 3 rings (SSSR count). The Morgan fingerprint density at radius 3 is 2.35 bits per heavy atom. The number of methoxy groups -OCH3 is 1. The van der Waals surface area contributed by atoms with E-state index in [1.165, 1.54) is 19.2 Å². The summed E-state index contributed by atoms with van der Waals surface area (Å²) in [6.07, 6.45) is 4.51. The van der Waals surface area contributed by atoms with E-state index in [0.717, 1.165) is 25.7 Å². The Balaban J connectivity index is 1.87. The van der Waals surface area contributed by atoms with E-state index in [9.17, 15) is 8.42 Å². The van der Waals surface area contributed by atoms with Crippen molar-refractivity contribution in [1.29, 1.82) is 0 Å². The zero-order valence-corrected chi connectivity index (χ0v) is 12.3. The molecule has 0 bridgehead atoms. The van der Waals surface area contributed by atoms with E-state index in [0.29, 0.717) is 23.3 Å². The molecule has 0 aliphatic heterocycles. The Hall–Kier alpha value is -1.27. The molecule has 0 amide bonds. The van der Waals surface area contributed by atoms with Crippen molar-refractivity contribution in [1.82, 2.24) is 4.72 Å². The van der Waals surface area contributed by atoms with Crippen molar-refractivity contribution in [3.63, 3.8) is 0 Å². The molecule has 0 spiro atoms. The maximum absolute atomic E-state index is 12.6. The molecule has 1 aromatic carbocycles. The first kappa shape index (κ1) is 13.7. The quantitative estimate of drug-likeness (QED) is 0.784. The van der Waals surface area contributed by atoms with Crippen molar-refractivity contribution >= 4 is 15.7 Å². The maximum Gasteiger partial charge on any atom is 0.244 e. The third-order valence-corrected chi connectivity index (χ3v) is 5.53. The molecule has 3 N–H and O–H groups in total. The van der Waals surface area contributed by atoms with Crippen LogP contribution >= 0.6 is 0 Å². The number of anilines is 1. The molecule has 0 heterocycles. The minimum absolute atomic E-state index is 0.0854. The number of sulfonamides is 1. The second kappa shape index (κ2) is 4.93. The van der Waals surface area contributed by atoms with E-state index in [1.54, 1.807) is 6.07 Å². The third kappa shape index (κ3) is 2.76. The molecular formula is C14H20N2O3S. The lowest BCUT2D eigenvalue weighted by atomic mass is 10.1. The highest BCUT2D eigenvalue weighted by atomic mass is 32.2. The van der Waals surface area contributed by atoms with Gasteiger partial charge in [0.2, 0.25) is 10.0 Å². The Morgan fingerprint density at radius 1 is 1.25 bits per heavy atom. The first-order chi connectivity index (χ1) is 9.51. The predicted molar refractivity (Wildman–Crippen MR) is 77.0 cm³/mol. The number of hydrogen-bond donors (Lipinski definition) is 2. The summed E-state index contributed by atoms with van der Waals surface area (Å²) in [7, 11) is -2.11. The molecule has 110 valence electrons. The standard InChI is InChI=1S/C14H20N2O3S/c1-19-12-8-11(15)6-7-13(12)20(17,18)16-14(9-2-3-9)10-4-5-10/h6-10,14,16H,2-5,15H2,1H3. The van der Waals surface area contributed by atoms with Crippen molar-refractivity contribution in [2.45, 2.75) is 36.6 Å². The Bertz CT molecular complexity index is 595. The van der Waals surface area contributed by atoms with Gasteiger partial charge in [0.15, 0.2) is 0 Å². The highest BCUT2D eigenvalue weighted by Crippen LogP contribution is 2.45. The van der Waals surface area contributed by atoms with E-state index in [2.05, 4.69) is 4.72 Å². The Labute approximate surface area is 119 Å². The van der Waals surface area contributed by atoms with Crippen LogP contribution in [0.15, 0.2) is 23.1 Å². The average Bonchev–Trinajstić information content (AvgIpc) is 3.28. The van der Waals surface area contributed by atoms with Crippen molar-refractivity contribution in [3.8, 4) is 5.75 Å². The molecule has 20 heavy (non-hydrogen) atoms. The number of hydrogen-bond acceptors (Lipinski definition) is 4. The van der Waals surface area contributed by atoms with Crippen LogP contribution in [0.25, 0.3) is 0 Å². The van der Waals surface area contributed by atoms with Gasteiger partial charge in [-0.25, -0.2) is 13.1 Å². The van der Waals surface area contributed by atoms with Gasteiger partial charge in [-0.1, -0.05) is 0 Å². The molecule has 0 radical (unpaired) electrons. The fourth-order valence-corrected chi connectivity index (χ4v) is 4.16. The zero-order valence-electron chi connectivity index (χ0n) is 11.5. The summed E-state index contributed by atoms with van der Waals surface area (Å²) in [5.41, 5.74) is 6.16. The molecule has 1 aromatic rings. The SMILES string of the molecule is COc1cc(N)ccc1S(=O)(=O)NC(C1CC1)C1CC1. The Kier molecular flexibility index (Phi) is 3.38. The number of benzene rings is 1. The smallest absolute Gasteiger partial charge is 0.244 e. The first-order valence-electron chi connectivity index (χ1n) is 6.97. The van der Waals surface area contributed by atoms with Crippen molar-refractivity contribution in [3.05, 3.63) is 18.2 Å². The number of ether oxygens (including phenoxy) is 1. The normalized spacial score (nSPS) is 19.3. The lowest BCUT2D eigenvalue weighted by Crippen LogP contribution is -2.38. The summed E-state index contributed by atoms with van der Waals surface area (Å²) in [5, 5.41) is 0. The highest BCUT2D eigenvalue weighted by molar-refractivity contribution is 7.89. The molecule has 0 aromatic heterocycles. The van der Waals surface area contributed by atoms with Crippen LogP contribution in [-0.2, 0) is 10.0 Å². The minimum atomic E-state index is -3.56. The molecule has 2 aliphatic carbocycles. The van der Waals surface area contributed by atoms with E-state index < -0.39 is 10.0 Å². The summed E-state index contributed by atoms with van der Waals surface area (Å²) in [6, 6.07) is 4.72. The van der Waals surface area contributed by atoms with Crippen LogP contribution in [0.5, 0.6) is 5.75 Å². The molecular weight excluding hydrogens is 276 g/mol. The van der Waals surface area contributed by atoms with Gasteiger partial charge in [-0.2, -0.15) is 0 Å². The lowest BCUT2D eigenvalue weighted by molar-refractivity contribution is 0.401. The van der Waals surface area contributed by atoms with Crippen LogP contribution in [-0.4, -0.2) is 21.6 Å². The molecule has 6 heteroatoms. The second-order valence-electron chi connectivity index (χ2n) is 5.73. The van der Waals surface area contributed by atoms with Crippen LogP contribution in [0.2, 0.25) is 0 Å². The number of nitrogens with one attached hydrogen (secondary N) is 1. The van der Waals surface area contributed by atoms with Crippen LogP contribution < -0.4 is 15.2 Å². The zero-order chi connectivity index (χ0) is 14.3. The van der Waals surface area contributed by atoms with E-state index in [1.807, 2.05) is 0 Å². The summed E-state index contributed by atoms with van der Waals surface area (Å²) in [5.74, 6) is 1.32. The van der Waals surface area contributed by atoms with E-state index >= 15 is 0 Å². The highest BCUT2D eigenvalue weighted by Gasteiger charge is 2.43. The van der Waals surface area contributed by atoms with Crippen LogP contribution in [0.1, 0.15) is 25.7 Å². The van der Waals surface area contributed by atoms with E-state index in [4.69, 9.17) is 10.5 Å². The van der Waals surface area contributed by atoms with Gasteiger partial charge in [-0.15, -0.1) is 0 Å². The largest absolute Gasteiger partial charge is 0.495 e. The van der Waals surface area contributed by atoms with Gasteiger partial charge in [0, 0.05) is 17.8 Å². The van der Waals surface area contributed by atoms with Gasteiger partial charge in [0.1, 0.15) is 10.6 Å². The minimum Gasteiger partial charge on any atom is -0.495 e. The van der Waals surface area contributed by atoms with Crippen molar-refractivity contribution in [2.24, 2.45) is 11.8 Å². The molecule has 0 atom stereocenters. The van der Waals surface area contributed by atoms with Gasteiger partial charge in [0.05, 0.1) is 7.11 Å². The molecule has 2 fully saturated rings. The van der Waals surface area contributed by atoms with Crippen LogP contribution in [0.4, 0.5) is 5.69 Å². The van der Waals surface area contributed by atoms with Gasteiger partial charge >= 0.3 is 0 Å². The number of rotatable bonds is 6. The second-order valence-corrected chi connectivity index (χ2v) is 7.41. The van der Waals surface area contributed by atoms with Gasteiger partial charge in [0.25, 0.3) is 0 Å². The lowest BCUT2D eigenvalue weighted by Gasteiger charge is -2.19. The maximum atomic E-state index is 12.6. The molecule has 2 aliphatic rings. The summed E-state index contributed by atoms with van der Waals surface area (Å²) >= 11 is 0. The van der Waals surface area contributed by atoms with Crippen molar-refractivity contribution < 1.29 is 13.2 Å². The third-order valence-electron chi connectivity index (χ3n) is 4.03. The molecule has 0 saturated heterocycles. The molecule has 2 saturated carbocycles. The van der Waals surface area contributed by atoms with Crippen LogP contribution in [0.3, 0.4) is 0 Å². The van der Waals surface area contributed by atoms with Crippen molar-refractivity contribution in [2.75, 3.05) is 12.8 Å². The van der Waals surface area contributed by atoms with E-state index in [-0.39, 0.29) is 10.9 Å². The van der Waals surface area contributed by atoms with Crippen LogP contribution in [0, 0.1) is 11.8 Å². The monoisotopic (exact) mass is 296 g/mol. The average molecular weight is 296 g/mol. The topological polar surface area (TPSA) is 81.4 Å². The van der Waals surface area contributed by atoms with Gasteiger partial charge < -0.3 is 10.5 Å². The summed E-state index contributed by atoms with van der Waals surface area (Å²) in [4.78, 5) is 0.167. The summed E-state index contributed by atoms with van der Waals surface area (Å²) in [6.45, 7) is 0.